The molecule has 1 amide bonds. The molecule has 1 N–H and O–H groups in total. The summed E-state index contributed by atoms with van der Waals surface area (Å²) in [6, 6.07) is 10.4. The average Bonchev–Trinajstić information content (AvgIpc) is 2.96. The zero-order chi connectivity index (χ0) is 32.4. The van der Waals surface area contributed by atoms with Gasteiger partial charge in [-0.15, -0.1) is 11.3 Å². The van der Waals surface area contributed by atoms with Crippen LogP contribution in [-0.2, 0) is 26.0 Å². The van der Waals surface area contributed by atoms with Gasteiger partial charge < -0.3 is 9.47 Å². The normalized spacial score (nSPS) is 14.0. The number of ether oxygens (including phenoxy) is 2. The number of terminal acetylenes is 1. The number of nitrogens with one attached hydrogen (secondary N) is 1. The van der Waals surface area contributed by atoms with E-state index in [2.05, 4.69) is 15.8 Å². The summed E-state index contributed by atoms with van der Waals surface area (Å²) in [6.45, 7) is 11.1. The van der Waals surface area contributed by atoms with Crippen LogP contribution in [0.1, 0.15) is 66.7 Å². The molecule has 0 aliphatic carbocycles. The predicted octanol–water partition coefficient (Wildman–Crippen LogP) is 7.85. The molecule has 3 aromatic carbocycles. The molecule has 3 aromatic rings. The quantitative estimate of drug-likeness (QED) is 0.199. The fourth-order valence-corrected chi connectivity index (χ4v) is 7.05. The van der Waals surface area contributed by atoms with Gasteiger partial charge in [0, 0.05) is 15.8 Å². The van der Waals surface area contributed by atoms with Crippen molar-refractivity contribution in [2.45, 2.75) is 71.0 Å². The van der Waals surface area contributed by atoms with Gasteiger partial charge in [-0.2, -0.15) is 0 Å². The van der Waals surface area contributed by atoms with Crippen LogP contribution >= 0.6 is 11.6 Å². The highest BCUT2D eigenvalue weighted by Crippen LogP contribution is 2.43. The number of carbonyl (C=O) groups excluding carboxylic acids is 1. The first-order chi connectivity index (χ1) is 20.7. The smallest absolute Gasteiger partial charge is 0.319 e. The number of rotatable bonds is 8. The molecule has 10 heteroatoms. The molecule has 230 valence electrons. The number of aryl methyl sites for hydroxylation is 2. The van der Waals surface area contributed by atoms with Crippen molar-refractivity contribution in [1.29, 1.82) is 0 Å². The summed E-state index contributed by atoms with van der Waals surface area (Å²) in [5, 5.41) is 3.08. The standard InChI is InChI=1S/C34H35ClN2O6S/c1-8-9-12-25-21(3)29(16-14-26(25)35)44(40,41)37-27-18-20(2)30(24-13-15-28-23(19-24)11-10-17-42-28)31(22(27)4)32(33(38)36-39)43-34(5,6)7/h1,9,12-16,18-19,32,37H,10-11,17H2,2-7H3/b12-9-. The zero-order valence-electron chi connectivity index (χ0n) is 25.6. The number of hydrogen-bond acceptors (Lipinski definition) is 6. The van der Waals surface area contributed by atoms with Crippen LogP contribution in [0, 0.1) is 38.0 Å². The van der Waals surface area contributed by atoms with Crippen LogP contribution in [0.2, 0.25) is 5.02 Å². The molecule has 0 fully saturated rings. The molecule has 1 unspecified atom stereocenters. The van der Waals surface area contributed by atoms with E-state index in [4.69, 9.17) is 27.5 Å². The Balaban J connectivity index is 1.95. The summed E-state index contributed by atoms with van der Waals surface area (Å²) in [4.78, 5) is 24.8. The Morgan fingerprint density at radius 1 is 1.16 bits per heavy atom. The van der Waals surface area contributed by atoms with E-state index in [1.165, 1.54) is 18.2 Å². The molecule has 1 aliphatic rings. The van der Waals surface area contributed by atoms with Gasteiger partial charge in [0.1, 0.15) is 5.75 Å². The molecule has 1 aliphatic heterocycles. The van der Waals surface area contributed by atoms with E-state index < -0.39 is 27.6 Å². The van der Waals surface area contributed by atoms with Crippen molar-refractivity contribution < 1.29 is 22.7 Å². The van der Waals surface area contributed by atoms with Gasteiger partial charge in [0.15, 0.2) is 6.10 Å². The summed E-state index contributed by atoms with van der Waals surface area (Å²) >= 11 is 6.34. The molecule has 4 rings (SSSR count). The van der Waals surface area contributed by atoms with Crippen molar-refractivity contribution in [3.05, 3.63) is 85.8 Å². The third kappa shape index (κ3) is 6.88. The minimum Gasteiger partial charge on any atom is -0.493 e. The molecule has 0 saturated carbocycles. The van der Waals surface area contributed by atoms with Gasteiger partial charge in [-0.05, 0) is 136 Å². The number of halogens is 1. The maximum atomic E-state index is 13.8. The fraction of sp³-hybridized carbons (Fsp3) is 0.324. The molecule has 0 spiro atoms. The first kappa shape index (κ1) is 32.9. The fourth-order valence-electron chi connectivity index (χ4n) is 5.41. The number of benzene rings is 3. The number of nitrogens with zero attached hydrogens (tertiary/aromatic N) is 1. The lowest BCUT2D eigenvalue weighted by Crippen LogP contribution is -2.28. The number of hydrogen-bond donors (Lipinski definition) is 1. The molecule has 0 radical (unpaired) electrons. The summed E-state index contributed by atoms with van der Waals surface area (Å²) in [7, 11) is -4.16. The third-order valence-corrected chi connectivity index (χ3v) is 9.21. The second-order valence-corrected chi connectivity index (χ2v) is 13.7. The van der Waals surface area contributed by atoms with Crippen molar-refractivity contribution in [3.63, 3.8) is 0 Å². The topological polar surface area (TPSA) is 111 Å². The Kier molecular flexibility index (Phi) is 9.69. The van der Waals surface area contributed by atoms with Crippen LogP contribution in [0.5, 0.6) is 5.75 Å². The minimum absolute atomic E-state index is 0.00376. The number of allylic oxidation sites excluding steroid dienone is 1. The van der Waals surface area contributed by atoms with E-state index in [0.717, 1.165) is 29.7 Å². The van der Waals surface area contributed by atoms with Crippen molar-refractivity contribution in [2.24, 2.45) is 5.18 Å². The highest BCUT2D eigenvalue weighted by molar-refractivity contribution is 7.92. The molecule has 0 aromatic heterocycles. The van der Waals surface area contributed by atoms with Crippen LogP contribution < -0.4 is 9.46 Å². The van der Waals surface area contributed by atoms with Gasteiger partial charge in [0.25, 0.3) is 10.0 Å². The van der Waals surface area contributed by atoms with Crippen LogP contribution in [-0.4, -0.2) is 26.5 Å². The maximum Gasteiger partial charge on any atom is 0.319 e. The Morgan fingerprint density at radius 2 is 1.89 bits per heavy atom. The van der Waals surface area contributed by atoms with Crippen LogP contribution in [0.15, 0.2) is 52.5 Å². The van der Waals surface area contributed by atoms with Gasteiger partial charge >= 0.3 is 5.91 Å². The Hall–Kier alpha value is -3.97. The van der Waals surface area contributed by atoms with Crippen LogP contribution in [0.3, 0.4) is 0 Å². The summed E-state index contributed by atoms with van der Waals surface area (Å²) in [5.74, 6) is 2.15. The van der Waals surface area contributed by atoms with Gasteiger partial charge in [-0.1, -0.05) is 23.6 Å². The predicted molar refractivity (Wildman–Crippen MR) is 174 cm³/mol. The molecule has 0 saturated heterocycles. The Labute approximate surface area is 263 Å². The van der Waals surface area contributed by atoms with Crippen molar-refractivity contribution in [1.82, 2.24) is 0 Å². The van der Waals surface area contributed by atoms with Crippen molar-refractivity contribution in [3.8, 4) is 29.2 Å². The van der Waals surface area contributed by atoms with Crippen molar-refractivity contribution >= 4 is 39.3 Å². The molecular formula is C34H35ClN2O6S. The van der Waals surface area contributed by atoms with E-state index in [0.29, 0.717) is 45.0 Å². The van der Waals surface area contributed by atoms with E-state index >= 15 is 0 Å². The van der Waals surface area contributed by atoms with E-state index in [9.17, 15) is 18.1 Å². The Bertz CT molecular complexity index is 1820. The number of fused-ring (bicyclic) bond motifs is 1. The third-order valence-electron chi connectivity index (χ3n) is 7.37. The van der Waals surface area contributed by atoms with Gasteiger partial charge in [0.05, 0.1) is 22.8 Å². The van der Waals surface area contributed by atoms with Gasteiger partial charge in [-0.3, -0.25) is 9.52 Å². The van der Waals surface area contributed by atoms with Crippen molar-refractivity contribution in [2.75, 3.05) is 11.3 Å². The minimum atomic E-state index is -4.16. The number of anilines is 1. The highest BCUT2D eigenvalue weighted by atomic mass is 35.5. The van der Waals surface area contributed by atoms with Gasteiger partial charge in [-0.25, -0.2) is 8.42 Å². The molecule has 0 bridgehead atoms. The van der Waals surface area contributed by atoms with Crippen LogP contribution in [0.4, 0.5) is 5.69 Å². The molecule has 44 heavy (non-hydrogen) atoms. The summed E-state index contributed by atoms with van der Waals surface area (Å²) in [5.41, 5.74) is 4.13. The van der Waals surface area contributed by atoms with E-state index in [1.807, 2.05) is 25.1 Å². The number of amides is 1. The molecular weight excluding hydrogens is 600 g/mol. The zero-order valence-corrected chi connectivity index (χ0v) is 27.2. The first-order valence-corrected chi connectivity index (χ1v) is 15.9. The maximum absolute atomic E-state index is 13.8. The lowest BCUT2D eigenvalue weighted by atomic mass is 9.86. The molecule has 8 nitrogen and oxygen atoms in total. The number of sulfonamides is 1. The second kappa shape index (κ2) is 12.9. The van der Waals surface area contributed by atoms with Gasteiger partial charge in [0.2, 0.25) is 0 Å². The monoisotopic (exact) mass is 634 g/mol. The summed E-state index contributed by atoms with van der Waals surface area (Å²) in [6.07, 6.45) is 8.67. The van der Waals surface area contributed by atoms with E-state index in [1.54, 1.807) is 46.8 Å². The molecule has 1 atom stereocenters. The summed E-state index contributed by atoms with van der Waals surface area (Å²) < 4.78 is 42.3. The lowest BCUT2D eigenvalue weighted by molar-refractivity contribution is -0.139. The van der Waals surface area contributed by atoms with Crippen LogP contribution in [0.25, 0.3) is 17.2 Å². The largest absolute Gasteiger partial charge is 0.493 e. The number of carbonyl (C=O) groups is 1. The van der Waals surface area contributed by atoms with E-state index in [-0.39, 0.29) is 10.6 Å². The SMILES string of the molecule is C#C/C=C\c1c(Cl)ccc(S(=O)(=O)Nc2cc(C)c(-c3ccc4c(c3)CCCO4)c(C(OC(C)(C)C)C(=O)N=O)c2C)c1C. The lowest BCUT2D eigenvalue weighted by Gasteiger charge is -2.30. The number of nitroso groups, excluding NO2 is 1. The molecule has 1 heterocycles. The Morgan fingerprint density at radius 3 is 2.55 bits per heavy atom. The first-order valence-electron chi connectivity index (χ1n) is 14.1. The average molecular weight is 635 g/mol. The second-order valence-electron chi connectivity index (χ2n) is 11.7. The highest BCUT2D eigenvalue weighted by Gasteiger charge is 2.34.